The molecule has 9 nitrogen and oxygen atoms in total. The third-order valence-corrected chi connectivity index (χ3v) is 5.41. The van der Waals surface area contributed by atoms with Crippen LogP contribution in [0.5, 0.6) is 0 Å². The number of benzene rings is 2. The summed E-state index contributed by atoms with van der Waals surface area (Å²) in [6.07, 6.45) is -0.167. The lowest BCUT2D eigenvalue weighted by molar-refractivity contribution is -0.384. The van der Waals surface area contributed by atoms with Crippen molar-refractivity contribution in [2.24, 2.45) is 0 Å². The van der Waals surface area contributed by atoms with Crippen LogP contribution in [0.4, 0.5) is 5.69 Å². The van der Waals surface area contributed by atoms with Crippen molar-refractivity contribution in [2.75, 3.05) is 6.61 Å². The van der Waals surface area contributed by atoms with Crippen LogP contribution in [0, 0.1) is 10.1 Å². The molecule has 0 unspecified atom stereocenters. The van der Waals surface area contributed by atoms with Gasteiger partial charge in [-0.15, -0.1) is 0 Å². The molecule has 0 fully saturated rings. The lowest BCUT2D eigenvalue weighted by atomic mass is 9.93. The number of Topliss-reactive ketones (excluding diaryl/α,β-unsaturated/α-hetero) is 1. The second-order valence-electron chi connectivity index (χ2n) is 8.46. The minimum absolute atomic E-state index is 0.0943. The standard InChI is InChI=1S/C26H29NO8/c1-4-5-17-6-8-18(9-7-17)24(28)21-14-23(34-16(2)3)35-22(25(21)29)15-33-26(30)19-10-12-20(13-11-19)27(31)32/h6-14,16,22-24,28H,4-5,15H2,1-3H3/t22-,23+,24-/m1/s1. The van der Waals surface area contributed by atoms with Crippen molar-refractivity contribution in [2.45, 2.75) is 58.2 Å². The minimum Gasteiger partial charge on any atom is -0.459 e. The highest BCUT2D eigenvalue weighted by molar-refractivity contribution is 6.01. The summed E-state index contributed by atoms with van der Waals surface area (Å²) < 4.78 is 16.6. The Labute approximate surface area is 203 Å². The summed E-state index contributed by atoms with van der Waals surface area (Å²) in [7, 11) is 0. The molecule has 0 amide bonds. The molecular formula is C26H29NO8. The van der Waals surface area contributed by atoms with E-state index in [2.05, 4.69) is 6.92 Å². The number of non-ortho nitro benzene ring substituents is 1. The molecule has 2 aromatic carbocycles. The Hall–Kier alpha value is -3.40. The number of hydrogen-bond acceptors (Lipinski definition) is 8. The molecule has 0 bridgehead atoms. The highest BCUT2D eigenvalue weighted by atomic mass is 16.7. The van der Waals surface area contributed by atoms with E-state index in [-0.39, 0.29) is 22.9 Å². The first kappa shape index (κ1) is 26.2. The number of aliphatic hydroxyl groups excluding tert-OH is 1. The van der Waals surface area contributed by atoms with Gasteiger partial charge in [0.1, 0.15) is 12.7 Å². The van der Waals surface area contributed by atoms with Gasteiger partial charge in [0.2, 0.25) is 0 Å². The molecule has 0 radical (unpaired) electrons. The van der Waals surface area contributed by atoms with E-state index in [1.54, 1.807) is 26.0 Å². The van der Waals surface area contributed by atoms with Gasteiger partial charge < -0.3 is 19.3 Å². The molecule has 3 rings (SSSR count). The van der Waals surface area contributed by atoms with Gasteiger partial charge in [-0.25, -0.2) is 4.79 Å². The zero-order valence-electron chi connectivity index (χ0n) is 19.9. The monoisotopic (exact) mass is 483 g/mol. The number of hydrogen-bond donors (Lipinski definition) is 1. The molecule has 0 aromatic heterocycles. The van der Waals surface area contributed by atoms with Crippen molar-refractivity contribution in [3.63, 3.8) is 0 Å². The summed E-state index contributed by atoms with van der Waals surface area (Å²) >= 11 is 0. The number of nitro groups is 1. The molecule has 2 aromatic rings. The van der Waals surface area contributed by atoms with Gasteiger partial charge in [-0.3, -0.25) is 14.9 Å². The van der Waals surface area contributed by atoms with Crippen molar-refractivity contribution < 1.29 is 33.8 Å². The van der Waals surface area contributed by atoms with Crippen molar-refractivity contribution in [1.29, 1.82) is 0 Å². The number of aliphatic hydroxyl groups is 1. The van der Waals surface area contributed by atoms with E-state index in [1.165, 1.54) is 30.3 Å². The number of ketones is 1. The van der Waals surface area contributed by atoms with Gasteiger partial charge in [-0.2, -0.15) is 0 Å². The van der Waals surface area contributed by atoms with E-state index in [9.17, 15) is 24.8 Å². The van der Waals surface area contributed by atoms with Gasteiger partial charge in [0.15, 0.2) is 18.2 Å². The number of nitrogens with zero attached hydrogens (tertiary/aromatic N) is 1. The second kappa shape index (κ2) is 11.8. The smallest absolute Gasteiger partial charge is 0.338 e. The maximum atomic E-state index is 13.1. The molecule has 0 spiro atoms. The normalized spacial score (nSPS) is 18.8. The third kappa shape index (κ3) is 6.82. The van der Waals surface area contributed by atoms with Crippen molar-refractivity contribution in [1.82, 2.24) is 0 Å². The number of carbonyl (C=O) groups excluding carboxylic acids is 2. The summed E-state index contributed by atoms with van der Waals surface area (Å²) in [6, 6.07) is 12.3. The van der Waals surface area contributed by atoms with Gasteiger partial charge in [0, 0.05) is 17.7 Å². The van der Waals surface area contributed by atoms with E-state index >= 15 is 0 Å². The van der Waals surface area contributed by atoms with E-state index < -0.39 is 41.8 Å². The van der Waals surface area contributed by atoms with Gasteiger partial charge >= 0.3 is 5.97 Å². The molecule has 0 aliphatic carbocycles. The Morgan fingerprint density at radius 3 is 2.37 bits per heavy atom. The number of rotatable bonds is 10. The fraction of sp³-hybridized carbons (Fsp3) is 0.385. The zero-order valence-corrected chi connectivity index (χ0v) is 19.9. The average molecular weight is 484 g/mol. The zero-order chi connectivity index (χ0) is 25.5. The predicted octanol–water partition coefficient (Wildman–Crippen LogP) is 4.08. The molecule has 3 atom stereocenters. The number of aryl methyl sites for hydroxylation is 1. The fourth-order valence-corrected chi connectivity index (χ4v) is 3.65. The molecular weight excluding hydrogens is 454 g/mol. The summed E-state index contributed by atoms with van der Waals surface area (Å²) in [5, 5.41) is 21.8. The largest absolute Gasteiger partial charge is 0.459 e. The summed E-state index contributed by atoms with van der Waals surface area (Å²) in [5.41, 5.74) is 1.72. The topological polar surface area (TPSA) is 125 Å². The molecule has 186 valence electrons. The van der Waals surface area contributed by atoms with Crippen LogP contribution in [0.25, 0.3) is 0 Å². The van der Waals surface area contributed by atoms with Crippen LogP contribution >= 0.6 is 0 Å². The maximum absolute atomic E-state index is 13.1. The molecule has 1 aliphatic heterocycles. The Morgan fingerprint density at radius 2 is 1.80 bits per heavy atom. The molecule has 1 N–H and O–H groups in total. The van der Waals surface area contributed by atoms with E-state index in [0.29, 0.717) is 5.56 Å². The van der Waals surface area contributed by atoms with Gasteiger partial charge in [-0.1, -0.05) is 37.6 Å². The third-order valence-electron chi connectivity index (χ3n) is 5.41. The van der Waals surface area contributed by atoms with Crippen LogP contribution in [0.1, 0.15) is 54.8 Å². The average Bonchev–Trinajstić information content (AvgIpc) is 2.84. The molecule has 0 saturated heterocycles. The number of nitro benzene ring substituents is 1. The molecule has 0 saturated carbocycles. The summed E-state index contributed by atoms with van der Waals surface area (Å²) in [6.45, 7) is 5.28. The molecule has 1 aliphatic rings. The van der Waals surface area contributed by atoms with E-state index in [0.717, 1.165) is 18.4 Å². The van der Waals surface area contributed by atoms with E-state index in [1.807, 2.05) is 12.1 Å². The SMILES string of the molecule is CCCc1ccc([C@@H](O)C2=C[C@@H](OC(C)C)O[C@H](COC(=O)c3ccc([N+](=O)[O-])cc3)C2=O)cc1. The second-order valence-corrected chi connectivity index (χ2v) is 8.46. The van der Waals surface area contributed by atoms with E-state index in [4.69, 9.17) is 14.2 Å². The Morgan fingerprint density at radius 1 is 1.14 bits per heavy atom. The summed E-state index contributed by atoms with van der Waals surface area (Å²) in [4.78, 5) is 35.8. The number of esters is 1. The quantitative estimate of drug-likeness (QED) is 0.304. The maximum Gasteiger partial charge on any atom is 0.338 e. The van der Waals surface area contributed by atoms with Gasteiger partial charge in [-0.05, 0) is 49.6 Å². The number of ether oxygens (including phenoxy) is 3. The van der Waals surface area contributed by atoms with Crippen LogP contribution in [-0.4, -0.2) is 46.9 Å². The Kier molecular flexibility index (Phi) is 8.86. The first-order valence-corrected chi connectivity index (χ1v) is 11.4. The number of carbonyl (C=O) groups is 2. The molecule has 1 heterocycles. The van der Waals surface area contributed by atoms with Crippen LogP contribution in [0.2, 0.25) is 0 Å². The van der Waals surface area contributed by atoms with Crippen LogP contribution in [-0.2, 0) is 25.4 Å². The summed E-state index contributed by atoms with van der Waals surface area (Å²) in [5.74, 6) is -1.28. The van der Waals surface area contributed by atoms with Gasteiger partial charge in [0.05, 0.1) is 16.6 Å². The highest BCUT2D eigenvalue weighted by Gasteiger charge is 2.36. The van der Waals surface area contributed by atoms with Crippen molar-refractivity contribution in [3.8, 4) is 0 Å². The van der Waals surface area contributed by atoms with Gasteiger partial charge in [0.25, 0.3) is 5.69 Å². The first-order chi connectivity index (χ1) is 16.7. The molecule has 9 heteroatoms. The van der Waals surface area contributed by atoms with Crippen LogP contribution < -0.4 is 0 Å². The molecule has 35 heavy (non-hydrogen) atoms. The Balaban J connectivity index is 1.74. The predicted molar refractivity (Wildman–Crippen MR) is 127 cm³/mol. The van der Waals surface area contributed by atoms with Crippen molar-refractivity contribution >= 4 is 17.4 Å². The lowest BCUT2D eigenvalue weighted by Gasteiger charge is -2.30. The Bertz CT molecular complexity index is 1080. The van der Waals surface area contributed by atoms with Crippen LogP contribution in [0.3, 0.4) is 0 Å². The fourth-order valence-electron chi connectivity index (χ4n) is 3.65. The first-order valence-electron chi connectivity index (χ1n) is 11.4. The van der Waals surface area contributed by atoms with Crippen LogP contribution in [0.15, 0.2) is 60.2 Å². The minimum atomic E-state index is -1.20. The lowest BCUT2D eigenvalue weighted by Crippen LogP contribution is -2.41. The highest BCUT2D eigenvalue weighted by Crippen LogP contribution is 2.29. The van der Waals surface area contributed by atoms with Crippen molar-refractivity contribution in [3.05, 3.63) is 87.0 Å².